The lowest BCUT2D eigenvalue weighted by atomic mass is 10.2. The van der Waals surface area contributed by atoms with Crippen molar-refractivity contribution in [1.29, 1.82) is 0 Å². The van der Waals surface area contributed by atoms with Gasteiger partial charge in [-0.2, -0.15) is 0 Å². The second-order valence-electron chi connectivity index (χ2n) is 5.31. The Morgan fingerprint density at radius 2 is 2.17 bits per heavy atom. The van der Waals surface area contributed by atoms with Gasteiger partial charge in [-0.15, -0.1) is 11.3 Å². The number of hydrogen-bond acceptors (Lipinski definition) is 5. The van der Waals surface area contributed by atoms with Gasteiger partial charge in [-0.3, -0.25) is 9.59 Å². The predicted octanol–water partition coefficient (Wildman–Crippen LogP) is 2.59. The first-order valence-electron chi connectivity index (χ1n) is 7.63. The van der Waals surface area contributed by atoms with Crippen LogP contribution < -0.4 is 5.32 Å². The molecule has 2 aromatic rings. The first kappa shape index (κ1) is 18.1. The quantitative estimate of drug-likeness (QED) is 0.815. The molecule has 1 aromatic heterocycles. The first-order valence-corrected chi connectivity index (χ1v) is 8.51. The number of aryl methyl sites for hydroxylation is 1. The Bertz CT molecular complexity index is 715. The van der Waals surface area contributed by atoms with Crippen LogP contribution in [0.5, 0.6) is 0 Å². The zero-order valence-electron chi connectivity index (χ0n) is 14.0. The Morgan fingerprint density at radius 1 is 1.38 bits per heavy atom. The third-order valence-corrected chi connectivity index (χ3v) is 4.09. The van der Waals surface area contributed by atoms with Crippen LogP contribution in [0.15, 0.2) is 29.6 Å². The van der Waals surface area contributed by atoms with E-state index in [9.17, 15) is 9.59 Å². The lowest BCUT2D eigenvalue weighted by Gasteiger charge is -2.15. The number of amides is 2. The maximum atomic E-state index is 12.2. The highest BCUT2D eigenvalue weighted by Crippen LogP contribution is 2.13. The SMILES string of the molecule is CCOCc1cccc(NC(=O)C(=O)N(C)Cc2csc(C)n2)c1. The molecule has 0 aliphatic heterocycles. The molecule has 0 bridgehead atoms. The van der Waals surface area contributed by atoms with Gasteiger partial charge in [-0.1, -0.05) is 12.1 Å². The predicted molar refractivity (Wildman–Crippen MR) is 93.7 cm³/mol. The summed E-state index contributed by atoms with van der Waals surface area (Å²) in [4.78, 5) is 30.0. The van der Waals surface area contributed by atoms with Gasteiger partial charge < -0.3 is 15.0 Å². The summed E-state index contributed by atoms with van der Waals surface area (Å²) in [5.74, 6) is -1.27. The van der Waals surface area contributed by atoms with Crippen molar-refractivity contribution >= 4 is 28.8 Å². The number of thiazole rings is 1. The molecule has 1 N–H and O–H groups in total. The van der Waals surface area contributed by atoms with Crippen molar-refractivity contribution in [2.45, 2.75) is 27.0 Å². The molecule has 0 aliphatic rings. The van der Waals surface area contributed by atoms with Gasteiger partial charge in [0.15, 0.2) is 0 Å². The van der Waals surface area contributed by atoms with Gasteiger partial charge in [0.1, 0.15) is 0 Å². The van der Waals surface area contributed by atoms with Gasteiger partial charge in [-0.05, 0) is 31.5 Å². The zero-order valence-corrected chi connectivity index (χ0v) is 14.9. The fourth-order valence-corrected chi connectivity index (χ4v) is 2.72. The Labute approximate surface area is 145 Å². The number of likely N-dealkylation sites (N-methyl/N-ethyl adjacent to an activating group) is 1. The van der Waals surface area contributed by atoms with Crippen LogP contribution in [0.25, 0.3) is 0 Å². The Balaban J connectivity index is 1.94. The molecule has 2 rings (SSSR count). The van der Waals surface area contributed by atoms with Gasteiger partial charge in [0.25, 0.3) is 0 Å². The van der Waals surface area contributed by atoms with Gasteiger partial charge in [0, 0.05) is 24.7 Å². The van der Waals surface area contributed by atoms with E-state index in [-0.39, 0.29) is 0 Å². The van der Waals surface area contributed by atoms with Crippen LogP contribution in [0.1, 0.15) is 23.2 Å². The molecule has 0 saturated heterocycles. The van der Waals surface area contributed by atoms with E-state index in [1.165, 1.54) is 16.2 Å². The number of carbonyl (C=O) groups is 2. The molecule has 24 heavy (non-hydrogen) atoms. The Kier molecular flexibility index (Phi) is 6.45. The summed E-state index contributed by atoms with van der Waals surface area (Å²) in [7, 11) is 1.59. The van der Waals surface area contributed by atoms with Crippen molar-refractivity contribution in [3.63, 3.8) is 0 Å². The highest BCUT2D eigenvalue weighted by molar-refractivity contribution is 7.09. The molecule has 0 unspecified atom stereocenters. The minimum atomic E-state index is -0.669. The lowest BCUT2D eigenvalue weighted by Crippen LogP contribution is -2.36. The second-order valence-corrected chi connectivity index (χ2v) is 6.37. The molecule has 1 aromatic carbocycles. The third-order valence-electron chi connectivity index (χ3n) is 3.26. The lowest BCUT2D eigenvalue weighted by molar-refractivity contribution is -0.142. The summed E-state index contributed by atoms with van der Waals surface area (Å²) in [6.45, 7) is 5.22. The van der Waals surface area contributed by atoms with Crippen LogP contribution in [0.3, 0.4) is 0 Å². The number of nitrogens with one attached hydrogen (secondary N) is 1. The van der Waals surface area contributed by atoms with Crippen molar-refractivity contribution in [2.24, 2.45) is 0 Å². The molecule has 0 saturated carbocycles. The van der Waals surface area contributed by atoms with Gasteiger partial charge in [0.2, 0.25) is 0 Å². The largest absolute Gasteiger partial charge is 0.377 e. The molecule has 0 atom stereocenters. The fourth-order valence-electron chi connectivity index (χ4n) is 2.11. The summed E-state index contributed by atoms with van der Waals surface area (Å²) in [5.41, 5.74) is 2.29. The van der Waals surface area contributed by atoms with Crippen molar-refractivity contribution < 1.29 is 14.3 Å². The Hall–Kier alpha value is -2.25. The summed E-state index contributed by atoms with van der Waals surface area (Å²) >= 11 is 1.52. The number of carbonyl (C=O) groups excluding carboxylic acids is 2. The molecule has 0 aliphatic carbocycles. The average molecular weight is 347 g/mol. The van der Waals surface area contributed by atoms with Crippen LogP contribution in [0.4, 0.5) is 5.69 Å². The van der Waals surface area contributed by atoms with E-state index in [0.29, 0.717) is 25.4 Å². The number of aromatic nitrogens is 1. The van der Waals surface area contributed by atoms with Crippen LogP contribution in [0, 0.1) is 6.92 Å². The zero-order chi connectivity index (χ0) is 17.5. The van der Waals surface area contributed by atoms with Gasteiger partial charge >= 0.3 is 11.8 Å². The minimum Gasteiger partial charge on any atom is -0.377 e. The number of benzene rings is 1. The van der Waals surface area contributed by atoms with E-state index < -0.39 is 11.8 Å². The normalized spacial score (nSPS) is 10.5. The van der Waals surface area contributed by atoms with Gasteiger partial charge in [0.05, 0.1) is 23.9 Å². The molecular weight excluding hydrogens is 326 g/mol. The summed E-state index contributed by atoms with van der Waals surface area (Å²) < 4.78 is 5.34. The molecule has 0 radical (unpaired) electrons. The standard InChI is InChI=1S/C17H21N3O3S/c1-4-23-10-13-6-5-7-14(8-13)19-16(21)17(22)20(3)9-15-11-24-12(2)18-15/h5-8,11H,4,9-10H2,1-3H3,(H,19,21). The number of hydrogen-bond donors (Lipinski definition) is 1. The topological polar surface area (TPSA) is 71.5 Å². The maximum absolute atomic E-state index is 12.2. The van der Waals surface area contributed by atoms with Crippen LogP contribution in [-0.2, 0) is 27.5 Å². The number of rotatable bonds is 6. The average Bonchev–Trinajstić information content (AvgIpc) is 2.97. The summed E-state index contributed by atoms with van der Waals surface area (Å²) in [6.07, 6.45) is 0. The molecule has 0 fully saturated rings. The van der Waals surface area contributed by atoms with Crippen molar-refractivity contribution in [3.05, 3.63) is 45.9 Å². The molecular formula is C17H21N3O3S. The summed E-state index contributed by atoms with van der Waals surface area (Å²) in [5, 5.41) is 5.44. The monoisotopic (exact) mass is 347 g/mol. The van der Waals surface area contributed by atoms with Crippen molar-refractivity contribution in [2.75, 3.05) is 19.0 Å². The second kappa shape index (κ2) is 8.56. The molecule has 7 heteroatoms. The molecule has 128 valence electrons. The van der Waals surface area contributed by atoms with E-state index in [1.807, 2.05) is 31.4 Å². The number of nitrogens with zero attached hydrogens (tertiary/aromatic N) is 2. The van der Waals surface area contributed by atoms with E-state index in [0.717, 1.165) is 16.3 Å². The van der Waals surface area contributed by atoms with E-state index in [4.69, 9.17) is 4.74 Å². The van der Waals surface area contributed by atoms with Crippen molar-refractivity contribution in [3.8, 4) is 0 Å². The summed E-state index contributed by atoms with van der Waals surface area (Å²) in [6, 6.07) is 7.26. The molecule has 6 nitrogen and oxygen atoms in total. The number of anilines is 1. The highest BCUT2D eigenvalue weighted by Gasteiger charge is 2.19. The minimum absolute atomic E-state index is 0.307. The molecule has 2 amide bonds. The number of ether oxygens (including phenoxy) is 1. The maximum Gasteiger partial charge on any atom is 0.313 e. The van der Waals surface area contributed by atoms with Crippen LogP contribution in [-0.4, -0.2) is 35.4 Å². The van der Waals surface area contributed by atoms with E-state index in [2.05, 4.69) is 10.3 Å². The van der Waals surface area contributed by atoms with Crippen LogP contribution in [0.2, 0.25) is 0 Å². The fraction of sp³-hybridized carbons (Fsp3) is 0.353. The molecule has 0 spiro atoms. The first-order chi connectivity index (χ1) is 11.5. The van der Waals surface area contributed by atoms with Crippen LogP contribution >= 0.6 is 11.3 Å². The highest BCUT2D eigenvalue weighted by atomic mass is 32.1. The smallest absolute Gasteiger partial charge is 0.313 e. The van der Waals surface area contributed by atoms with Gasteiger partial charge in [-0.25, -0.2) is 4.98 Å². The van der Waals surface area contributed by atoms with E-state index >= 15 is 0 Å². The Morgan fingerprint density at radius 3 is 2.83 bits per heavy atom. The van der Waals surface area contributed by atoms with Crippen molar-refractivity contribution in [1.82, 2.24) is 9.88 Å². The third kappa shape index (κ3) is 5.14. The molecule has 1 heterocycles. The van der Waals surface area contributed by atoms with E-state index in [1.54, 1.807) is 19.2 Å².